The summed E-state index contributed by atoms with van der Waals surface area (Å²) in [6.45, 7) is 0.409. The minimum Gasteiger partial charge on any atom is -0.393 e. The molecule has 5 unspecified atom stereocenters. The summed E-state index contributed by atoms with van der Waals surface area (Å²) in [6.07, 6.45) is -1.37. The van der Waals surface area contributed by atoms with Gasteiger partial charge in [0.25, 0.3) is 0 Å². The Morgan fingerprint density at radius 1 is 1.12 bits per heavy atom. The summed E-state index contributed by atoms with van der Waals surface area (Å²) in [6, 6.07) is 6.75. The van der Waals surface area contributed by atoms with E-state index in [0.29, 0.717) is 11.1 Å². The lowest BCUT2D eigenvalue weighted by Crippen LogP contribution is -2.55. The predicted molar refractivity (Wildman–Crippen MR) is 81.2 cm³/mol. The number of carbonyl (C=O) groups is 4. The molecule has 0 aromatic heterocycles. The van der Waals surface area contributed by atoms with E-state index in [1.165, 1.54) is 0 Å². The van der Waals surface area contributed by atoms with Crippen LogP contribution >= 0.6 is 0 Å². The van der Waals surface area contributed by atoms with Crippen LogP contribution in [0.5, 0.6) is 0 Å². The quantitative estimate of drug-likeness (QED) is 0.588. The molecule has 0 spiro atoms. The van der Waals surface area contributed by atoms with Crippen molar-refractivity contribution in [3.8, 4) is 0 Å². The van der Waals surface area contributed by atoms with E-state index >= 15 is 0 Å². The Morgan fingerprint density at radius 2 is 1.85 bits per heavy atom. The second-order valence-corrected chi connectivity index (χ2v) is 6.86. The SMILES string of the molecule is CC1(C2CC(=O)OC2=O)c2ccccc2C2C(=O)OC(=O)C2C1OCF. The molecule has 1 aromatic carbocycles. The molecule has 0 N–H and O–H groups in total. The molecule has 1 aliphatic carbocycles. The maximum absolute atomic E-state index is 13.2. The smallest absolute Gasteiger partial charge is 0.322 e. The van der Waals surface area contributed by atoms with Gasteiger partial charge in [0.2, 0.25) is 0 Å². The van der Waals surface area contributed by atoms with E-state index in [1.54, 1.807) is 31.2 Å². The van der Waals surface area contributed by atoms with Crippen LogP contribution in [0.1, 0.15) is 30.4 Å². The highest BCUT2D eigenvalue weighted by Gasteiger charge is 2.64. The van der Waals surface area contributed by atoms with Gasteiger partial charge < -0.3 is 14.2 Å². The van der Waals surface area contributed by atoms with Gasteiger partial charge in [-0.2, -0.15) is 0 Å². The Morgan fingerprint density at radius 3 is 2.50 bits per heavy atom. The van der Waals surface area contributed by atoms with Crippen molar-refractivity contribution in [2.75, 3.05) is 6.86 Å². The minimum atomic E-state index is -1.24. The lowest BCUT2D eigenvalue weighted by Gasteiger charge is -2.47. The first-order valence-corrected chi connectivity index (χ1v) is 8.16. The van der Waals surface area contributed by atoms with Gasteiger partial charge in [0.05, 0.1) is 24.4 Å². The van der Waals surface area contributed by atoms with Crippen LogP contribution in [0.15, 0.2) is 24.3 Å². The van der Waals surface area contributed by atoms with Gasteiger partial charge in [0.1, 0.15) is 5.92 Å². The number of benzene rings is 1. The molecule has 0 saturated carbocycles. The van der Waals surface area contributed by atoms with Crippen molar-refractivity contribution in [3.63, 3.8) is 0 Å². The van der Waals surface area contributed by atoms with Crippen LogP contribution in [0.25, 0.3) is 0 Å². The first kappa shape index (κ1) is 16.8. The van der Waals surface area contributed by atoms with Crippen molar-refractivity contribution in [1.82, 2.24) is 0 Å². The molecule has 0 bridgehead atoms. The van der Waals surface area contributed by atoms with Gasteiger partial charge in [0.15, 0.2) is 6.86 Å². The van der Waals surface area contributed by atoms with Crippen LogP contribution in [0, 0.1) is 11.8 Å². The number of hydrogen-bond donors (Lipinski definition) is 0. The normalized spacial score (nSPS) is 35.8. The third kappa shape index (κ3) is 2.08. The second kappa shape index (κ2) is 5.70. The molecule has 4 rings (SSSR count). The number of fused-ring (bicyclic) bond motifs is 3. The van der Waals surface area contributed by atoms with Gasteiger partial charge in [-0.05, 0) is 11.1 Å². The van der Waals surface area contributed by atoms with Crippen LogP contribution in [0.3, 0.4) is 0 Å². The molecule has 0 amide bonds. The molecule has 2 fully saturated rings. The Hall–Kier alpha value is -2.61. The molecular formula is C18H15FO7. The van der Waals surface area contributed by atoms with Gasteiger partial charge in [-0.15, -0.1) is 0 Å². The zero-order chi connectivity index (χ0) is 18.6. The summed E-state index contributed by atoms with van der Waals surface area (Å²) in [5, 5.41) is 0. The highest BCUT2D eigenvalue weighted by Crippen LogP contribution is 2.55. The highest BCUT2D eigenvalue weighted by molar-refractivity contribution is 6.02. The van der Waals surface area contributed by atoms with Crippen LogP contribution < -0.4 is 0 Å². The van der Waals surface area contributed by atoms with Crippen LogP contribution in [-0.2, 0) is 38.8 Å². The van der Waals surface area contributed by atoms with Crippen LogP contribution in [0.2, 0.25) is 0 Å². The lowest BCUT2D eigenvalue weighted by molar-refractivity contribution is -0.162. The number of rotatable bonds is 3. The van der Waals surface area contributed by atoms with Crippen molar-refractivity contribution < 1.29 is 37.8 Å². The largest absolute Gasteiger partial charge is 0.393 e. The first-order valence-electron chi connectivity index (χ1n) is 8.16. The topological polar surface area (TPSA) is 96.0 Å². The number of cyclic esters (lactones) is 4. The number of halogens is 1. The van der Waals surface area contributed by atoms with Crippen molar-refractivity contribution in [2.45, 2.75) is 30.8 Å². The summed E-state index contributed by atoms with van der Waals surface area (Å²) in [5.41, 5.74) is -0.179. The summed E-state index contributed by atoms with van der Waals surface area (Å²) in [7, 11) is 0. The van der Waals surface area contributed by atoms with Crippen molar-refractivity contribution in [1.29, 1.82) is 0 Å². The Kier molecular flexibility index (Phi) is 3.69. The zero-order valence-electron chi connectivity index (χ0n) is 13.8. The molecule has 136 valence electrons. The standard InChI is InChI=1S/C18H15FO7/c1-18(10-6-11(20)25-15(10)21)9-5-3-2-4-8(9)12-13(14(18)24-7-19)17(23)26-16(12)22/h2-5,10,12-14H,6-7H2,1H3. The average Bonchev–Trinajstić information content (AvgIpc) is 3.10. The number of ether oxygens (including phenoxy) is 3. The molecule has 3 aliphatic rings. The van der Waals surface area contributed by atoms with Crippen molar-refractivity contribution in [3.05, 3.63) is 35.4 Å². The highest BCUT2D eigenvalue weighted by atomic mass is 19.1. The average molecular weight is 362 g/mol. The van der Waals surface area contributed by atoms with E-state index in [0.717, 1.165) is 0 Å². The fraction of sp³-hybridized carbons (Fsp3) is 0.444. The fourth-order valence-electron chi connectivity index (χ4n) is 4.58. The molecule has 2 aliphatic heterocycles. The number of esters is 4. The van der Waals surface area contributed by atoms with Crippen molar-refractivity contribution in [2.24, 2.45) is 11.8 Å². The number of alkyl halides is 1. The van der Waals surface area contributed by atoms with Crippen LogP contribution in [0.4, 0.5) is 4.39 Å². The van der Waals surface area contributed by atoms with E-state index in [1.807, 2.05) is 0 Å². The number of hydrogen-bond acceptors (Lipinski definition) is 7. The molecular weight excluding hydrogens is 347 g/mol. The summed E-state index contributed by atoms with van der Waals surface area (Å²) < 4.78 is 27.9. The van der Waals surface area contributed by atoms with Gasteiger partial charge in [-0.25, -0.2) is 4.39 Å². The molecule has 5 atom stereocenters. The van der Waals surface area contributed by atoms with Crippen LogP contribution in [-0.4, -0.2) is 36.8 Å². The minimum absolute atomic E-state index is 0.212. The molecule has 2 heterocycles. The first-order chi connectivity index (χ1) is 12.4. The Labute approximate surface area is 147 Å². The molecule has 0 radical (unpaired) electrons. The lowest BCUT2D eigenvalue weighted by atomic mass is 9.56. The van der Waals surface area contributed by atoms with Gasteiger partial charge in [-0.3, -0.25) is 19.2 Å². The van der Waals surface area contributed by atoms with Gasteiger partial charge >= 0.3 is 23.9 Å². The predicted octanol–water partition coefficient (Wildman–Crippen LogP) is 1.14. The third-order valence-corrected chi connectivity index (χ3v) is 5.72. The maximum Gasteiger partial charge on any atom is 0.322 e. The van der Waals surface area contributed by atoms with E-state index in [4.69, 9.17) is 9.47 Å². The molecule has 8 heteroatoms. The summed E-state index contributed by atoms with van der Waals surface area (Å²) in [4.78, 5) is 48.6. The molecule has 7 nitrogen and oxygen atoms in total. The number of carbonyl (C=O) groups excluding carboxylic acids is 4. The van der Waals surface area contributed by atoms with E-state index in [2.05, 4.69) is 4.74 Å². The zero-order valence-corrected chi connectivity index (χ0v) is 13.8. The Balaban J connectivity index is 1.96. The van der Waals surface area contributed by atoms with E-state index in [9.17, 15) is 23.6 Å². The van der Waals surface area contributed by atoms with E-state index in [-0.39, 0.29) is 6.42 Å². The third-order valence-electron chi connectivity index (χ3n) is 5.72. The van der Waals surface area contributed by atoms with Gasteiger partial charge in [0, 0.05) is 5.41 Å². The Bertz CT molecular complexity index is 835. The van der Waals surface area contributed by atoms with Crippen molar-refractivity contribution >= 4 is 23.9 Å². The monoisotopic (exact) mass is 362 g/mol. The molecule has 1 aromatic rings. The second-order valence-electron chi connectivity index (χ2n) is 6.86. The maximum atomic E-state index is 13.2. The van der Waals surface area contributed by atoms with E-state index < -0.39 is 60.0 Å². The van der Waals surface area contributed by atoms with Gasteiger partial charge in [-0.1, -0.05) is 31.2 Å². The fourth-order valence-corrected chi connectivity index (χ4v) is 4.58. The molecule has 26 heavy (non-hydrogen) atoms. The summed E-state index contributed by atoms with van der Waals surface area (Å²) in [5.74, 6) is -5.99. The summed E-state index contributed by atoms with van der Waals surface area (Å²) >= 11 is 0. The molecule has 2 saturated heterocycles.